The molecule has 0 atom stereocenters. The maximum Gasteiger partial charge on any atom is 0.277 e. The quantitative estimate of drug-likeness (QED) is 0.509. The lowest BCUT2D eigenvalue weighted by molar-refractivity contribution is -0.385. The number of rotatable bonds is 5. The van der Waals surface area contributed by atoms with Gasteiger partial charge in [0.2, 0.25) is 0 Å². The van der Waals surface area contributed by atoms with Gasteiger partial charge in [-0.2, -0.15) is 9.61 Å². The molecule has 0 aliphatic heterocycles. The lowest BCUT2D eigenvalue weighted by atomic mass is 10.1. The SMILES string of the molecule is O=c1c(Cc2ccccc2[N+](=O)[O-])nn2cnnc2n1CCO. The van der Waals surface area contributed by atoms with E-state index in [4.69, 9.17) is 5.11 Å². The largest absolute Gasteiger partial charge is 0.395 e. The summed E-state index contributed by atoms with van der Waals surface area (Å²) in [5, 5.41) is 31.8. The van der Waals surface area contributed by atoms with Crippen molar-refractivity contribution in [3.05, 3.63) is 62.3 Å². The van der Waals surface area contributed by atoms with Gasteiger partial charge in [-0.05, 0) is 0 Å². The molecule has 0 saturated carbocycles. The van der Waals surface area contributed by atoms with Crippen LogP contribution in [-0.4, -0.2) is 41.0 Å². The summed E-state index contributed by atoms with van der Waals surface area (Å²) >= 11 is 0. The van der Waals surface area contributed by atoms with E-state index in [9.17, 15) is 14.9 Å². The molecule has 0 fully saturated rings. The Morgan fingerprint density at radius 3 is 2.83 bits per heavy atom. The molecule has 0 bridgehead atoms. The van der Waals surface area contributed by atoms with Crippen molar-refractivity contribution in [1.82, 2.24) is 24.4 Å². The fourth-order valence-electron chi connectivity index (χ4n) is 2.32. The van der Waals surface area contributed by atoms with Gasteiger partial charge in [0, 0.05) is 18.1 Å². The molecule has 2 heterocycles. The average molecular weight is 316 g/mol. The topological polar surface area (TPSA) is 128 Å². The van der Waals surface area contributed by atoms with Crippen LogP contribution in [0.4, 0.5) is 5.69 Å². The van der Waals surface area contributed by atoms with Gasteiger partial charge in [-0.25, -0.2) is 0 Å². The summed E-state index contributed by atoms with van der Waals surface area (Å²) in [6.45, 7) is -0.217. The second-order valence-electron chi connectivity index (χ2n) is 4.77. The monoisotopic (exact) mass is 316 g/mol. The van der Waals surface area contributed by atoms with Crippen molar-refractivity contribution in [2.75, 3.05) is 6.61 Å². The van der Waals surface area contributed by atoms with Crippen LogP contribution in [0.2, 0.25) is 0 Å². The predicted octanol–water partition coefficient (Wildman–Crippen LogP) is -0.223. The molecule has 1 N–H and O–H groups in total. The third-order valence-electron chi connectivity index (χ3n) is 3.34. The van der Waals surface area contributed by atoms with E-state index in [0.717, 1.165) is 0 Å². The molecule has 0 saturated heterocycles. The average Bonchev–Trinajstić information content (AvgIpc) is 2.99. The van der Waals surface area contributed by atoms with Crippen LogP contribution < -0.4 is 5.56 Å². The number of fused-ring (bicyclic) bond motifs is 1. The highest BCUT2D eigenvalue weighted by Gasteiger charge is 2.18. The van der Waals surface area contributed by atoms with Crippen molar-refractivity contribution in [2.24, 2.45) is 0 Å². The molecule has 10 nitrogen and oxygen atoms in total. The van der Waals surface area contributed by atoms with Gasteiger partial charge in [0.05, 0.1) is 18.1 Å². The zero-order valence-corrected chi connectivity index (χ0v) is 11.9. The summed E-state index contributed by atoms with van der Waals surface area (Å²) in [5.41, 5.74) is -0.0471. The molecule has 23 heavy (non-hydrogen) atoms. The fraction of sp³-hybridized carbons (Fsp3) is 0.231. The number of benzene rings is 1. The number of hydrogen-bond donors (Lipinski definition) is 1. The molecule has 0 unspecified atom stereocenters. The maximum absolute atomic E-state index is 12.5. The number of aromatic nitrogens is 5. The van der Waals surface area contributed by atoms with Crippen molar-refractivity contribution in [3.8, 4) is 0 Å². The number of aliphatic hydroxyl groups excluding tert-OH is 1. The number of nitrogens with zero attached hydrogens (tertiary/aromatic N) is 6. The summed E-state index contributed by atoms with van der Waals surface area (Å²) < 4.78 is 2.55. The van der Waals surface area contributed by atoms with E-state index in [1.165, 1.54) is 21.5 Å². The standard InChI is InChI=1S/C13H12N6O4/c20-6-5-17-12(21)10(16-18-8-14-15-13(17)18)7-9-3-1-2-4-11(9)19(22)23/h1-4,8,20H,5-7H2. The summed E-state index contributed by atoms with van der Waals surface area (Å²) in [5.74, 6) is 0.204. The number of nitro benzene ring substituents is 1. The van der Waals surface area contributed by atoms with E-state index in [1.807, 2.05) is 0 Å². The second-order valence-corrected chi connectivity index (χ2v) is 4.77. The summed E-state index contributed by atoms with van der Waals surface area (Å²) in [4.78, 5) is 23.1. The van der Waals surface area contributed by atoms with Crippen molar-refractivity contribution in [2.45, 2.75) is 13.0 Å². The van der Waals surface area contributed by atoms with Crippen LogP contribution >= 0.6 is 0 Å². The highest BCUT2D eigenvalue weighted by atomic mass is 16.6. The molecule has 118 valence electrons. The minimum absolute atomic E-state index is 0.00443. The summed E-state index contributed by atoms with van der Waals surface area (Å²) in [7, 11) is 0. The van der Waals surface area contributed by atoms with Crippen molar-refractivity contribution >= 4 is 11.5 Å². The third-order valence-corrected chi connectivity index (χ3v) is 3.34. The molecular formula is C13H12N6O4. The Bertz CT molecular complexity index is 932. The van der Waals surface area contributed by atoms with Crippen LogP contribution in [0.5, 0.6) is 0 Å². The Kier molecular flexibility index (Phi) is 3.81. The fourth-order valence-corrected chi connectivity index (χ4v) is 2.32. The summed E-state index contributed by atoms with van der Waals surface area (Å²) in [6.07, 6.45) is 1.32. The number of aliphatic hydroxyl groups is 1. The second kappa shape index (κ2) is 5.93. The van der Waals surface area contributed by atoms with Gasteiger partial charge >= 0.3 is 0 Å². The Balaban J connectivity index is 2.12. The number of hydrogen-bond acceptors (Lipinski definition) is 7. The van der Waals surface area contributed by atoms with Crippen LogP contribution in [0.1, 0.15) is 11.3 Å². The van der Waals surface area contributed by atoms with Crippen LogP contribution in [0.25, 0.3) is 5.78 Å². The van der Waals surface area contributed by atoms with Gasteiger partial charge in [-0.15, -0.1) is 10.2 Å². The Labute approximate surface area is 128 Å². The molecule has 0 aliphatic rings. The minimum atomic E-state index is -0.501. The first-order chi connectivity index (χ1) is 11.1. The molecule has 3 rings (SSSR count). The molecule has 0 amide bonds. The summed E-state index contributed by atoms with van der Waals surface area (Å²) in [6, 6.07) is 6.17. The first-order valence-electron chi connectivity index (χ1n) is 6.74. The predicted molar refractivity (Wildman–Crippen MR) is 78.0 cm³/mol. The van der Waals surface area contributed by atoms with Gasteiger partial charge < -0.3 is 5.11 Å². The Hall–Kier alpha value is -3.14. The Morgan fingerprint density at radius 2 is 2.09 bits per heavy atom. The smallest absolute Gasteiger partial charge is 0.277 e. The molecule has 10 heteroatoms. The van der Waals surface area contributed by atoms with Crippen LogP contribution in [0, 0.1) is 10.1 Å². The maximum atomic E-state index is 12.5. The van der Waals surface area contributed by atoms with E-state index in [-0.39, 0.29) is 36.7 Å². The molecule has 0 aliphatic carbocycles. The van der Waals surface area contributed by atoms with Gasteiger partial charge in [0.25, 0.3) is 17.0 Å². The van der Waals surface area contributed by atoms with Crippen LogP contribution in [0.3, 0.4) is 0 Å². The van der Waals surface area contributed by atoms with Gasteiger partial charge in [-0.3, -0.25) is 19.5 Å². The molecule has 0 spiro atoms. The molecule has 2 aromatic heterocycles. The molecular weight excluding hydrogens is 304 g/mol. The first kappa shape index (κ1) is 14.8. The van der Waals surface area contributed by atoms with Gasteiger partial charge in [0.15, 0.2) is 0 Å². The highest BCUT2D eigenvalue weighted by molar-refractivity contribution is 5.42. The van der Waals surface area contributed by atoms with E-state index in [1.54, 1.807) is 18.2 Å². The third kappa shape index (κ3) is 2.66. The minimum Gasteiger partial charge on any atom is -0.395 e. The van der Waals surface area contributed by atoms with Crippen LogP contribution in [0.15, 0.2) is 35.4 Å². The van der Waals surface area contributed by atoms with Crippen molar-refractivity contribution < 1.29 is 10.0 Å². The van der Waals surface area contributed by atoms with Crippen LogP contribution in [-0.2, 0) is 13.0 Å². The van der Waals surface area contributed by atoms with Gasteiger partial charge in [0.1, 0.15) is 12.0 Å². The normalized spacial score (nSPS) is 11.0. The van der Waals surface area contributed by atoms with Gasteiger partial charge in [-0.1, -0.05) is 18.2 Å². The van der Waals surface area contributed by atoms with E-state index in [0.29, 0.717) is 5.56 Å². The zero-order valence-electron chi connectivity index (χ0n) is 11.9. The highest BCUT2D eigenvalue weighted by Crippen LogP contribution is 2.19. The molecule has 3 aromatic rings. The zero-order chi connectivity index (χ0) is 16.4. The first-order valence-corrected chi connectivity index (χ1v) is 6.74. The van der Waals surface area contributed by atoms with E-state index < -0.39 is 10.5 Å². The van der Waals surface area contributed by atoms with Crippen molar-refractivity contribution in [1.29, 1.82) is 0 Å². The molecule has 0 radical (unpaired) electrons. The Morgan fingerprint density at radius 1 is 1.30 bits per heavy atom. The van der Waals surface area contributed by atoms with E-state index >= 15 is 0 Å². The molecule has 1 aromatic carbocycles. The van der Waals surface area contributed by atoms with E-state index in [2.05, 4.69) is 15.3 Å². The number of para-hydroxylation sites is 1. The number of nitro groups is 1. The lowest BCUT2D eigenvalue weighted by Crippen LogP contribution is -2.29. The van der Waals surface area contributed by atoms with Crippen molar-refractivity contribution in [3.63, 3.8) is 0 Å². The lowest BCUT2D eigenvalue weighted by Gasteiger charge is -2.08.